The third-order valence-electron chi connectivity index (χ3n) is 4.35. The van der Waals surface area contributed by atoms with Crippen molar-refractivity contribution in [1.29, 1.82) is 0 Å². The largest absolute Gasteiger partial charge is 0.327 e. The fourth-order valence-corrected chi connectivity index (χ4v) is 3.11. The number of hydrogen-bond acceptors (Lipinski definition) is 2. The quantitative estimate of drug-likeness (QED) is 0.899. The van der Waals surface area contributed by atoms with E-state index in [1.165, 1.54) is 29.7 Å². The van der Waals surface area contributed by atoms with Crippen LogP contribution in [0.15, 0.2) is 30.3 Å². The lowest BCUT2D eigenvalue weighted by Gasteiger charge is -2.22. The molecule has 23 heavy (non-hydrogen) atoms. The Balaban J connectivity index is 1.72. The first-order valence-corrected chi connectivity index (χ1v) is 8.39. The third kappa shape index (κ3) is 3.99. The van der Waals surface area contributed by atoms with Gasteiger partial charge in [-0.1, -0.05) is 17.7 Å². The number of anilines is 1. The van der Waals surface area contributed by atoms with Crippen LogP contribution in [0.4, 0.5) is 5.82 Å². The molecule has 0 unspecified atom stereocenters. The van der Waals surface area contributed by atoms with Gasteiger partial charge in [-0.15, -0.1) is 0 Å². The standard InChI is InChI=1S/C18H24N4O/c1-14-6-8-16(9-7-14)22-17(12-15(2)20-22)19-18(23)13-21-10-4-3-5-11-21/h6-9,12H,3-5,10-11,13H2,1-2H3,(H,19,23)/p+1. The maximum atomic E-state index is 12.4. The number of quaternary nitrogens is 1. The fraction of sp³-hybridized carbons (Fsp3) is 0.444. The fourth-order valence-electron chi connectivity index (χ4n) is 3.11. The zero-order valence-electron chi connectivity index (χ0n) is 13.9. The maximum absolute atomic E-state index is 12.4. The lowest BCUT2D eigenvalue weighted by molar-refractivity contribution is -0.896. The van der Waals surface area contributed by atoms with Crippen LogP contribution in [-0.2, 0) is 4.79 Å². The van der Waals surface area contributed by atoms with E-state index in [0.717, 1.165) is 30.3 Å². The molecule has 1 saturated heterocycles. The first kappa shape index (κ1) is 15.7. The summed E-state index contributed by atoms with van der Waals surface area (Å²) in [7, 11) is 0. The highest BCUT2D eigenvalue weighted by Gasteiger charge is 2.18. The number of nitrogens with zero attached hydrogens (tertiary/aromatic N) is 2. The summed E-state index contributed by atoms with van der Waals surface area (Å²) in [6, 6.07) is 10.1. The van der Waals surface area contributed by atoms with Crippen LogP contribution in [0.3, 0.4) is 0 Å². The van der Waals surface area contributed by atoms with E-state index < -0.39 is 0 Å². The van der Waals surface area contributed by atoms with E-state index in [2.05, 4.69) is 29.5 Å². The van der Waals surface area contributed by atoms with Crippen molar-refractivity contribution >= 4 is 11.7 Å². The van der Waals surface area contributed by atoms with Crippen LogP contribution in [0.2, 0.25) is 0 Å². The molecule has 5 heteroatoms. The van der Waals surface area contributed by atoms with Crippen LogP contribution in [0.5, 0.6) is 0 Å². The van der Waals surface area contributed by atoms with Crippen molar-refractivity contribution in [3.63, 3.8) is 0 Å². The second kappa shape index (κ2) is 6.96. The number of benzene rings is 1. The van der Waals surface area contributed by atoms with Gasteiger partial charge in [0.15, 0.2) is 6.54 Å². The SMILES string of the molecule is Cc1ccc(-n2nc(C)cc2NC(=O)C[NH+]2CCCCC2)cc1. The summed E-state index contributed by atoms with van der Waals surface area (Å²) in [6.45, 7) is 6.74. The van der Waals surface area contributed by atoms with Crippen molar-refractivity contribution in [2.75, 3.05) is 25.0 Å². The zero-order chi connectivity index (χ0) is 16.2. The Hall–Kier alpha value is -2.14. The molecule has 2 N–H and O–H groups in total. The molecular weight excluding hydrogens is 288 g/mol. The van der Waals surface area contributed by atoms with E-state index in [9.17, 15) is 4.79 Å². The minimum Gasteiger partial charge on any atom is -0.327 e. The summed E-state index contributed by atoms with van der Waals surface area (Å²) in [5.74, 6) is 0.808. The topological polar surface area (TPSA) is 51.4 Å². The molecule has 1 aromatic carbocycles. The normalized spacial score (nSPS) is 15.6. The molecule has 1 aliphatic rings. The molecule has 1 amide bonds. The van der Waals surface area contributed by atoms with Crippen LogP contribution in [0, 0.1) is 13.8 Å². The predicted octanol–water partition coefficient (Wildman–Crippen LogP) is 1.50. The number of aryl methyl sites for hydroxylation is 2. The summed E-state index contributed by atoms with van der Waals surface area (Å²) in [6.07, 6.45) is 3.75. The van der Waals surface area contributed by atoms with Gasteiger partial charge in [0.05, 0.1) is 24.5 Å². The third-order valence-corrected chi connectivity index (χ3v) is 4.35. The molecule has 0 bridgehead atoms. The van der Waals surface area contributed by atoms with Gasteiger partial charge in [-0.25, -0.2) is 4.68 Å². The number of aromatic nitrogens is 2. The number of likely N-dealkylation sites (tertiary alicyclic amines) is 1. The van der Waals surface area contributed by atoms with Crippen molar-refractivity contribution in [3.05, 3.63) is 41.6 Å². The van der Waals surface area contributed by atoms with Crippen LogP contribution in [-0.4, -0.2) is 35.3 Å². The summed E-state index contributed by atoms with van der Waals surface area (Å²) in [4.78, 5) is 13.7. The van der Waals surface area contributed by atoms with Gasteiger partial charge in [-0.2, -0.15) is 5.10 Å². The van der Waals surface area contributed by atoms with Crippen molar-refractivity contribution < 1.29 is 9.69 Å². The monoisotopic (exact) mass is 313 g/mol. The molecule has 0 spiro atoms. The molecule has 0 atom stereocenters. The molecule has 0 radical (unpaired) electrons. The van der Waals surface area contributed by atoms with E-state index in [-0.39, 0.29) is 5.91 Å². The van der Waals surface area contributed by atoms with Crippen molar-refractivity contribution in [2.45, 2.75) is 33.1 Å². The molecule has 2 heterocycles. The number of carbonyl (C=O) groups is 1. The first-order valence-electron chi connectivity index (χ1n) is 8.39. The Morgan fingerprint density at radius 2 is 1.87 bits per heavy atom. The Kier molecular flexibility index (Phi) is 4.76. The van der Waals surface area contributed by atoms with E-state index >= 15 is 0 Å². The van der Waals surface area contributed by atoms with E-state index in [1.54, 1.807) is 4.68 Å². The smallest absolute Gasteiger partial charge is 0.280 e. The van der Waals surface area contributed by atoms with Gasteiger partial charge in [-0.05, 0) is 45.2 Å². The van der Waals surface area contributed by atoms with Crippen LogP contribution in [0.25, 0.3) is 5.69 Å². The molecule has 0 aliphatic carbocycles. The van der Waals surface area contributed by atoms with Crippen molar-refractivity contribution in [3.8, 4) is 5.69 Å². The second-order valence-corrected chi connectivity index (χ2v) is 6.45. The molecule has 122 valence electrons. The lowest BCUT2D eigenvalue weighted by Crippen LogP contribution is -3.13. The number of nitrogens with one attached hydrogen (secondary N) is 2. The van der Waals surface area contributed by atoms with Gasteiger partial charge < -0.3 is 10.2 Å². The van der Waals surface area contributed by atoms with Crippen LogP contribution >= 0.6 is 0 Å². The highest BCUT2D eigenvalue weighted by molar-refractivity contribution is 5.91. The molecule has 1 aromatic heterocycles. The Morgan fingerprint density at radius 3 is 2.57 bits per heavy atom. The van der Waals surface area contributed by atoms with Crippen molar-refractivity contribution in [1.82, 2.24) is 9.78 Å². The summed E-state index contributed by atoms with van der Waals surface area (Å²) in [5, 5.41) is 7.54. The molecule has 0 saturated carbocycles. The average molecular weight is 313 g/mol. The summed E-state index contributed by atoms with van der Waals surface area (Å²) in [5.41, 5.74) is 3.06. The highest BCUT2D eigenvalue weighted by atomic mass is 16.2. The number of carbonyl (C=O) groups excluding carboxylic acids is 1. The lowest BCUT2D eigenvalue weighted by atomic mass is 10.1. The van der Waals surface area contributed by atoms with Gasteiger partial charge in [-0.3, -0.25) is 4.79 Å². The van der Waals surface area contributed by atoms with Gasteiger partial charge in [0, 0.05) is 6.07 Å². The van der Waals surface area contributed by atoms with Gasteiger partial charge in [0.2, 0.25) is 0 Å². The molecule has 2 aromatic rings. The number of rotatable bonds is 4. The first-order chi connectivity index (χ1) is 11.1. The predicted molar refractivity (Wildman–Crippen MR) is 91.1 cm³/mol. The molecular formula is C18H25N4O+. The highest BCUT2D eigenvalue weighted by Crippen LogP contribution is 2.17. The number of amides is 1. The average Bonchev–Trinajstić information content (AvgIpc) is 2.89. The van der Waals surface area contributed by atoms with Crippen LogP contribution < -0.4 is 10.2 Å². The molecule has 3 rings (SSSR count). The Labute approximate surface area is 137 Å². The number of hydrogen-bond donors (Lipinski definition) is 2. The molecule has 5 nitrogen and oxygen atoms in total. The Bertz CT molecular complexity index is 669. The zero-order valence-corrected chi connectivity index (χ0v) is 13.9. The van der Waals surface area contributed by atoms with Crippen molar-refractivity contribution in [2.24, 2.45) is 0 Å². The van der Waals surface area contributed by atoms with E-state index in [4.69, 9.17) is 0 Å². The summed E-state index contributed by atoms with van der Waals surface area (Å²) >= 11 is 0. The molecule has 1 fully saturated rings. The Morgan fingerprint density at radius 1 is 1.17 bits per heavy atom. The minimum atomic E-state index is 0.0650. The van der Waals surface area contributed by atoms with Gasteiger partial charge in [0.1, 0.15) is 5.82 Å². The van der Waals surface area contributed by atoms with E-state index in [1.807, 2.05) is 25.1 Å². The van der Waals surface area contributed by atoms with Crippen LogP contribution in [0.1, 0.15) is 30.5 Å². The molecule has 1 aliphatic heterocycles. The second-order valence-electron chi connectivity index (χ2n) is 6.45. The van der Waals surface area contributed by atoms with Gasteiger partial charge >= 0.3 is 0 Å². The van der Waals surface area contributed by atoms with Gasteiger partial charge in [0.25, 0.3) is 5.91 Å². The summed E-state index contributed by atoms with van der Waals surface area (Å²) < 4.78 is 1.80. The van der Waals surface area contributed by atoms with E-state index in [0.29, 0.717) is 6.54 Å². The maximum Gasteiger partial charge on any atom is 0.280 e. The minimum absolute atomic E-state index is 0.0650. The number of piperidine rings is 1.